The number of carbonyl (C=O) groups excluding carboxylic acids is 1. The lowest BCUT2D eigenvalue weighted by atomic mass is 10.1. The predicted molar refractivity (Wildman–Crippen MR) is 86.3 cm³/mol. The Labute approximate surface area is 135 Å². The molecule has 1 saturated carbocycles. The number of benzene rings is 1. The number of hydrogen-bond acceptors (Lipinski definition) is 4. The minimum absolute atomic E-state index is 0.101. The Balaban J connectivity index is 1.77. The van der Waals surface area contributed by atoms with Gasteiger partial charge in [0.15, 0.2) is 0 Å². The molecule has 6 nitrogen and oxygen atoms in total. The van der Waals surface area contributed by atoms with Gasteiger partial charge in [-0.15, -0.1) is 0 Å². The predicted octanol–water partition coefficient (Wildman–Crippen LogP) is 1.93. The fourth-order valence-corrected chi connectivity index (χ4v) is 2.75. The summed E-state index contributed by atoms with van der Waals surface area (Å²) in [6.45, 7) is 0.686. The molecule has 0 bridgehead atoms. The van der Waals surface area contributed by atoms with Crippen LogP contribution in [0.2, 0.25) is 0 Å². The SMILES string of the molecule is COc1ccccc1-c1cc(C(=O)N(C)CC2(CO)CC2)[nH]n1. The number of aromatic nitrogens is 2. The van der Waals surface area contributed by atoms with E-state index in [1.165, 1.54) is 0 Å². The second-order valence-corrected chi connectivity index (χ2v) is 6.19. The second-order valence-electron chi connectivity index (χ2n) is 6.19. The first kappa shape index (κ1) is 15.6. The largest absolute Gasteiger partial charge is 0.496 e. The topological polar surface area (TPSA) is 78.5 Å². The Morgan fingerprint density at radius 2 is 2.17 bits per heavy atom. The number of aliphatic hydroxyl groups is 1. The molecule has 1 aliphatic rings. The standard InChI is InChI=1S/C17H21N3O3/c1-20(10-17(11-21)7-8-17)16(22)14-9-13(18-19-14)12-5-3-4-6-15(12)23-2/h3-6,9,21H,7-8,10-11H2,1-2H3,(H,18,19). The van der Waals surface area contributed by atoms with Crippen molar-refractivity contribution in [2.45, 2.75) is 12.8 Å². The van der Waals surface area contributed by atoms with Crippen LogP contribution in [0.15, 0.2) is 30.3 Å². The molecular formula is C17H21N3O3. The van der Waals surface area contributed by atoms with Crippen LogP contribution in [0.3, 0.4) is 0 Å². The zero-order valence-corrected chi connectivity index (χ0v) is 13.4. The monoisotopic (exact) mass is 315 g/mol. The van der Waals surface area contributed by atoms with Gasteiger partial charge < -0.3 is 14.7 Å². The number of nitrogens with zero attached hydrogens (tertiary/aromatic N) is 2. The van der Waals surface area contributed by atoms with Crippen molar-refractivity contribution in [3.63, 3.8) is 0 Å². The summed E-state index contributed by atoms with van der Waals surface area (Å²) in [5, 5.41) is 16.4. The third-order valence-corrected chi connectivity index (χ3v) is 4.40. The Kier molecular flexibility index (Phi) is 4.09. The van der Waals surface area contributed by atoms with E-state index in [1.54, 1.807) is 25.1 Å². The molecule has 0 radical (unpaired) electrons. The molecule has 1 fully saturated rings. The van der Waals surface area contributed by atoms with Crippen LogP contribution in [-0.4, -0.2) is 53.4 Å². The van der Waals surface area contributed by atoms with Crippen LogP contribution in [0, 0.1) is 5.41 Å². The molecule has 0 spiro atoms. The van der Waals surface area contributed by atoms with Crippen molar-refractivity contribution >= 4 is 5.91 Å². The van der Waals surface area contributed by atoms with Crippen LogP contribution in [0.25, 0.3) is 11.3 Å². The number of carbonyl (C=O) groups is 1. The lowest BCUT2D eigenvalue weighted by molar-refractivity contribution is 0.0728. The Bertz CT molecular complexity index is 707. The van der Waals surface area contributed by atoms with E-state index in [0.717, 1.165) is 18.4 Å². The van der Waals surface area contributed by atoms with Crippen LogP contribution >= 0.6 is 0 Å². The number of ether oxygens (including phenoxy) is 1. The number of para-hydroxylation sites is 1. The van der Waals surface area contributed by atoms with Gasteiger partial charge in [0, 0.05) is 24.6 Å². The summed E-state index contributed by atoms with van der Waals surface area (Å²) in [4.78, 5) is 14.1. The van der Waals surface area contributed by atoms with Crippen LogP contribution < -0.4 is 4.74 Å². The van der Waals surface area contributed by atoms with E-state index in [0.29, 0.717) is 23.7 Å². The fourth-order valence-electron chi connectivity index (χ4n) is 2.75. The molecular weight excluding hydrogens is 294 g/mol. The van der Waals surface area contributed by atoms with Crippen LogP contribution in [-0.2, 0) is 0 Å². The molecule has 0 saturated heterocycles. The number of aromatic amines is 1. The highest BCUT2D eigenvalue weighted by Crippen LogP contribution is 2.45. The molecule has 1 aromatic carbocycles. The average Bonchev–Trinajstić information content (AvgIpc) is 3.18. The Morgan fingerprint density at radius 1 is 1.43 bits per heavy atom. The molecule has 0 aliphatic heterocycles. The summed E-state index contributed by atoms with van der Waals surface area (Å²) in [6.07, 6.45) is 1.94. The molecule has 1 heterocycles. The van der Waals surface area contributed by atoms with Crippen molar-refractivity contribution in [1.29, 1.82) is 0 Å². The molecule has 1 aliphatic carbocycles. The molecule has 6 heteroatoms. The average molecular weight is 315 g/mol. The second kappa shape index (κ2) is 6.04. The van der Waals surface area contributed by atoms with Gasteiger partial charge in [0.1, 0.15) is 11.4 Å². The number of amides is 1. The van der Waals surface area contributed by atoms with Crippen molar-refractivity contribution in [2.75, 3.05) is 27.3 Å². The maximum Gasteiger partial charge on any atom is 0.271 e. The van der Waals surface area contributed by atoms with E-state index >= 15 is 0 Å². The first-order valence-electron chi connectivity index (χ1n) is 7.64. The number of nitrogens with one attached hydrogen (secondary N) is 1. The van der Waals surface area contributed by atoms with E-state index in [-0.39, 0.29) is 17.9 Å². The summed E-state index contributed by atoms with van der Waals surface area (Å²) in [5.74, 6) is 0.585. The highest BCUT2D eigenvalue weighted by Gasteiger charge is 2.43. The minimum Gasteiger partial charge on any atom is -0.496 e. The van der Waals surface area contributed by atoms with Gasteiger partial charge in [-0.1, -0.05) is 12.1 Å². The molecule has 0 unspecified atom stereocenters. The molecule has 122 valence electrons. The molecule has 23 heavy (non-hydrogen) atoms. The molecule has 2 aromatic rings. The number of hydrogen-bond donors (Lipinski definition) is 2. The molecule has 2 N–H and O–H groups in total. The Hall–Kier alpha value is -2.34. The first-order valence-corrected chi connectivity index (χ1v) is 7.64. The molecule has 3 rings (SSSR count). The van der Waals surface area contributed by atoms with Gasteiger partial charge in [0.2, 0.25) is 0 Å². The van der Waals surface area contributed by atoms with Gasteiger partial charge in [-0.2, -0.15) is 5.10 Å². The summed E-state index contributed by atoms with van der Waals surface area (Å²) < 4.78 is 5.33. The molecule has 0 atom stereocenters. The van der Waals surface area contributed by atoms with Crippen molar-refractivity contribution < 1.29 is 14.6 Å². The van der Waals surface area contributed by atoms with E-state index in [2.05, 4.69) is 10.2 Å². The fraction of sp³-hybridized carbons (Fsp3) is 0.412. The normalized spacial score (nSPS) is 15.3. The quantitative estimate of drug-likeness (QED) is 0.854. The number of H-pyrrole nitrogens is 1. The van der Waals surface area contributed by atoms with E-state index < -0.39 is 0 Å². The van der Waals surface area contributed by atoms with E-state index in [1.807, 2.05) is 24.3 Å². The Morgan fingerprint density at radius 3 is 2.83 bits per heavy atom. The van der Waals surface area contributed by atoms with Gasteiger partial charge in [0.05, 0.1) is 19.4 Å². The van der Waals surface area contributed by atoms with Gasteiger partial charge in [-0.25, -0.2) is 0 Å². The van der Waals surface area contributed by atoms with Crippen molar-refractivity contribution in [2.24, 2.45) is 5.41 Å². The van der Waals surface area contributed by atoms with E-state index in [9.17, 15) is 9.90 Å². The number of aliphatic hydroxyl groups excluding tert-OH is 1. The zero-order chi connectivity index (χ0) is 16.4. The first-order chi connectivity index (χ1) is 11.1. The van der Waals surface area contributed by atoms with Gasteiger partial charge in [-0.05, 0) is 31.0 Å². The smallest absolute Gasteiger partial charge is 0.271 e. The van der Waals surface area contributed by atoms with Gasteiger partial charge >= 0.3 is 0 Å². The molecule has 1 amide bonds. The molecule has 1 aromatic heterocycles. The maximum absolute atomic E-state index is 12.5. The van der Waals surface area contributed by atoms with Crippen LogP contribution in [0.1, 0.15) is 23.3 Å². The summed E-state index contributed by atoms with van der Waals surface area (Å²) in [5.41, 5.74) is 1.84. The summed E-state index contributed by atoms with van der Waals surface area (Å²) in [7, 11) is 3.36. The van der Waals surface area contributed by atoms with Crippen molar-refractivity contribution in [3.05, 3.63) is 36.0 Å². The highest BCUT2D eigenvalue weighted by atomic mass is 16.5. The summed E-state index contributed by atoms with van der Waals surface area (Å²) in [6, 6.07) is 9.28. The third-order valence-electron chi connectivity index (χ3n) is 4.40. The van der Waals surface area contributed by atoms with E-state index in [4.69, 9.17) is 4.74 Å². The number of methoxy groups -OCH3 is 1. The lowest BCUT2D eigenvalue weighted by Gasteiger charge is -2.21. The van der Waals surface area contributed by atoms with Gasteiger partial charge in [-0.3, -0.25) is 9.89 Å². The number of rotatable bonds is 6. The van der Waals surface area contributed by atoms with Crippen LogP contribution in [0.4, 0.5) is 0 Å². The van der Waals surface area contributed by atoms with Crippen LogP contribution in [0.5, 0.6) is 5.75 Å². The lowest BCUT2D eigenvalue weighted by Crippen LogP contribution is -2.34. The zero-order valence-electron chi connectivity index (χ0n) is 13.4. The third kappa shape index (κ3) is 3.07. The van der Waals surface area contributed by atoms with Gasteiger partial charge in [0.25, 0.3) is 5.91 Å². The highest BCUT2D eigenvalue weighted by molar-refractivity contribution is 5.93. The minimum atomic E-state index is -0.127. The van der Waals surface area contributed by atoms with Crippen molar-refractivity contribution in [3.8, 4) is 17.0 Å². The maximum atomic E-state index is 12.5. The summed E-state index contributed by atoms with van der Waals surface area (Å²) >= 11 is 0. The van der Waals surface area contributed by atoms with Crippen molar-refractivity contribution in [1.82, 2.24) is 15.1 Å².